The molecule has 106 valence electrons. The van der Waals surface area contributed by atoms with Crippen molar-refractivity contribution in [3.63, 3.8) is 0 Å². The quantitative estimate of drug-likeness (QED) is 0.879. The summed E-state index contributed by atoms with van der Waals surface area (Å²) in [7, 11) is 0. The average Bonchev–Trinajstić information content (AvgIpc) is 2.31. The highest BCUT2D eigenvalue weighted by Crippen LogP contribution is 2.42. The monoisotopic (exact) mass is 281 g/mol. The van der Waals surface area contributed by atoms with Crippen molar-refractivity contribution in [1.29, 1.82) is 0 Å². The zero-order valence-corrected chi connectivity index (χ0v) is 12.9. The molecule has 1 aromatic rings. The van der Waals surface area contributed by atoms with Crippen molar-refractivity contribution in [1.82, 2.24) is 4.98 Å². The summed E-state index contributed by atoms with van der Waals surface area (Å²) in [5, 5.41) is 11.4. The Morgan fingerprint density at radius 1 is 1.37 bits per heavy atom. The summed E-state index contributed by atoms with van der Waals surface area (Å²) in [6.07, 6.45) is 7.98. The van der Waals surface area contributed by atoms with Gasteiger partial charge in [0.25, 0.3) is 0 Å². The van der Waals surface area contributed by atoms with Gasteiger partial charge in [0.15, 0.2) is 0 Å². The van der Waals surface area contributed by atoms with Crippen molar-refractivity contribution in [3.05, 3.63) is 29.0 Å². The van der Waals surface area contributed by atoms with Crippen LogP contribution in [-0.4, -0.2) is 15.7 Å². The van der Waals surface area contributed by atoms with Crippen molar-refractivity contribution in [2.24, 2.45) is 11.3 Å². The van der Waals surface area contributed by atoms with E-state index < -0.39 is 5.60 Å². The fourth-order valence-corrected chi connectivity index (χ4v) is 3.29. The minimum atomic E-state index is -0.591. The molecule has 2 nitrogen and oxygen atoms in total. The first-order chi connectivity index (χ1) is 8.80. The van der Waals surface area contributed by atoms with E-state index in [1.165, 1.54) is 0 Å². The third-order valence-corrected chi connectivity index (χ3v) is 4.86. The van der Waals surface area contributed by atoms with E-state index in [-0.39, 0.29) is 0 Å². The summed E-state index contributed by atoms with van der Waals surface area (Å²) >= 11 is 6.13. The van der Waals surface area contributed by atoms with Gasteiger partial charge >= 0.3 is 0 Å². The van der Waals surface area contributed by atoms with Crippen LogP contribution in [0.15, 0.2) is 18.5 Å². The molecule has 1 saturated carbocycles. The largest absolute Gasteiger partial charge is 0.390 e. The molecule has 3 heteroatoms. The Labute approximate surface area is 121 Å². The molecule has 0 atom stereocenters. The molecule has 0 aromatic carbocycles. The first kappa shape index (κ1) is 14.8. The van der Waals surface area contributed by atoms with Gasteiger partial charge in [0.1, 0.15) is 0 Å². The molecule has 19 heavy (non-hydrogen) atoms. The smallest absolute Gasteiger partial charge is 0.0688 e. The number of rotatable bonds is 2. The van der Waals surface area contributed by atoms with Gasteiger partial charge in [-0.25, -0.2) is 0 Å². The van der Waals surface area contributed by atoms with Crippen molar-refractivity contribution >= 4 is 11.6 Å². The van der Waals surface area contributed by atoms with E-state index in [1.807, 2.05) is 6.07 Å². The molecule has 1 N–H and O–H groups in total. The maximum atomic E-state index is 10.8. The van der Waals surface area contributed by atoms with Crippen LogP contribution in [-0.2, 0) is 6.42 Å². The summed E-state index contributed by atoms with van der Waals surface area (Å²) in [6.45, 7) is 6.88. The summed E-state index contributed by atoms with van der Waals surface area (Å²) in [5.41, 5.74) is 0.760. The molecule has 1 fully saturated rings. The van der Waals surface area contributed by atoms with Crippen LogP contribution in [0.1, 0.15) is 52.0 Å². The van der Waals surface area contributed by atoms with Crippen LogP contribution in [0.3, 0.4) is 0 Å². The van der Waals surface area contributed by atoms with Crippen LogP contribution in [0.2, 0.25) is 5.02 Å². The van der Waals surface area contributed by atoms with Gasteiger partial charge in [-0.05, 0) is 48.6 Å². The van der Waals surface area contributed by atoms with Gasteiger partial charge in [-0.3, -0.25) is 4.98 Å². The Morgan fingerprint density at radius 3 is 2.53 bits per heavy atom. The Hall–Kier alpha value is -0.600. The van der Waals surface area contributed by atoms with Crippen LogP contribution in [0.4, 0.5) is 0 Å². The van der Waals surface area contributed by atoms with E-state index in [4.69, 9.17) is 11.6 Å². The predicted molar refractivity (Wildman–Crippen MR) is 79.3 cm³/mol. The number of aromatic nitrogens is 1. The fourth-order valence-electron chi connectivity index (χ4n) is 3.10. The van der Waals surface area contributed by atoms with Gasteiger partial charge in [0.2, 0.25) is 0 Å². The summed E-state index contributed by atoms with van der Waals surface area (Å²) in [4.78, 5) is 3.99. The molecule has 0 unspecified atom stereocenters. The highest BCUT2D eigenvalue weighted by molar-refractivity contribution is 6.31. The number of halogens is 1. The molecule has 0 amide bonds. The van der Waals surface area contributed by atoms with Crippen LogP contribution < -0.4 is 0 Å². The lowest BCUT2D eigenvalue weighted by Gasteiger charge is -2.41. The first-order valence-corrected chi connectivity index (χ1v) is 7.49. The Kier molecular flexibility index (Phi) is 4.22. The van der Waals surface area contributed by atoms with Gasteiger partial charge in [-0.1, -0.05) is 32.4 Å². The summed E-state index contributed by atoms with van der Waals surface area (Å²) in [5.74, 6) is 0.709. The Morgan fingerprint density at radius 2 is 2.00 bits per heavy atom. The summed E-state index contributed by atoms with van der Waals surface area (Å²) in [6, 6.07) is 1.91. The van der Waals surface area contributed by atoms with E-state index in [2.05, 4.69) is 25.8 Å². The van der Waals surface area contributed by atoms with Crippen LogP contribution in [0.25, 0.3) is 0 Å². The fraction of sp³-hybridized carbons (Fsp3) is 0.688. The third kappa shape index (κ3) is 3.70. The molecule has 1 aliphatic carbocycles. The summed E-state index contributed by atoms with van der Waals surface area (Å²) < 4.78 is 0. The van der Waals surface area contributed by atoms with Gasteiger partial charge in [-0.2, -0.15) is 0 Å². The molecule has 0 bridgehead atoms. The topological polar surface area (TPSA) is 33.1 Å². The molecule has 1 heterocycles. The first-order valence-electron chi connectivity index (χ1n) is 7.11. The van der Waals surface area contributed by atoms with E-state index in [9.17, 15) is 5.11 Å². The van der Waals surface area contributed by atoms with Crippen LogP contribution in [0, 0.1) is 11.3 Å². The lowest BCUT2D eigenvalue weighted by molar-refractivity contribution is -0.0245. The number of hydrogen-bond donors (Lipinski definition) is 1. The zero-order valence-electron chi connectivity index (χ0n) is 12.1. The molecule has 0 saturated heterocycles. The van der Waals surface area contributed by atoms with E-state index in [0.717, 1.165) is 31.2 Å². The lowest BCUT2D eigenvalue weighted by Crippen LogP contribution is -2.39. The van der Waals surface area contributed by atoms with Crippen molar-refractivity contribution in [2.75, 3.05) is 0 Å². The second-order valence-electron chi connectivity index (χ2n) is 7.01. The second-order valence-corrected chi connectivity index (χ2v) is 7.42. The minimum Gasteiger partial charge on any atom is -0.390 e. The van der Waals surface area contributed by atoms with E-state index in [1.54, 1.807) is 12.4 Å². The van der Waals surface area contributed by atoms with Crippen molar-refractivity contribution in [2.45, 2.75) is 58.5 Å². The number of nitrogens with zero attached hydrogens (tertiary/aromatic N) is 1. The van der Waals surface area contributed by atoms with Crippen LogP contribution >= 0.6 is 11.6 Å². The van der Waals surface area contributed by atoms with Gasteiger partial charge < -0.3 is 5.11 Å². The van der Waals surface area contributed by atoms with Gasteiger partial charge in [0, 0.05) is 18.8 Å². The number of aliphatic hydroxyl groups is 1. The average molecular weight is 282 g/mol. The second kappa shape index (κ2) is 5.41. The highest BCUT2D eigenvalue weighted by atomic mass is 35.5. The standard InChI is InChI=1S/C16H24ClNO/c1-15(2,3)13-4-7-16(19,8-5-13)10-12-6-9-18-11-14(12)17/h6,9,11,13,19H,4-5,7-8,10H2,1-3H3. The zero-order chi connectivity index (χ0) is 14.1. The molecular formula is C16H24ClNO. The van der Waals surface area contributed by atoms with E-state index in [0.29, 0.717) is 22.8 Å². The normalized spacial score (nSPS) is 28.4. The molecule has 0 spiro atoms. The molecule has 1 aromatic heterocycles. The van der Waals surface area contributed by atoms with Gasteiger partial charge in [-0.15, -0.1) is 0 Å². The molecular weight excluding hydrogens is 258 g/mol. The highest BCUT2D eigenvalue weighted by Gasteiger charge is 2.37. The van der Waals surface area contributed by atoms with Crippen molar-refractivity contribution < 1.29 is 5.11 Å². The number of pyridine rings is 1. The van der Waals surface area contributed by atoms with Crippen LogP contribution in [0.5, 0.6) is 0 Å². The lowest BCUT2D eigenvalue weighted by atomic mass is 9.67. The maximum Gasteiger partial charge on any atom is 0.0688 e. The molecule has 1 aliphatic rings. The Balaban J connectivity index is 2.01. The Bertz CT molecular complexity index is 431. The third-order valence-electron chi connectivity index (χ3n) is 4.52. The van der Waals surface area contributed by atoms with Crippen molar-refractivity contribution in [3.8, 4) is 0 Å². The molecule has 0 radical (unpaired) electrons. The number of hydrogen-bond acceptors (Lipinski definition) is 2. The predicted octanol–water partition coefficient (Wildman–Crippen LogP) is 4.24. The van der Waals surface area contributed by atoms with Gasteiger partial charge in [0.05, 0.1) is 10.6 Å². The van der Waals surface area contributed by atoms with E-state index >= 15 is 0 Å². The molecule has 2 rings (SSSR count). The SMILES string of the molecule is CC(C)(C)C1CCC(O)(Cc2ccncc2Cl)CC1. The minimum absolute atomic E-state index is 0.343. The molecule has 0 aliphatic heterocycles. The maximum absolute atomic E-state index is 10.8.